The second-order valence-corrected chi connectivity index (χ2v) is 5.61. The third-order valence-electron chi connectivity index (χ3n) is 2.55. The van der Waals surface area contributed by atoms with Crippen LogP contribution in [0, 0.1) is 11.3 Å². The van der Waals surface area contributed by atoms with Crippen LogP contribution in [0.4, 0.5) is 0 Å². The van der Waals surface area contributed by atoms with Gasteiger partial charge in [0.15, 0.2) is 0 Å². The lowest BCUT2D eigenvalue weighted by Gasteiger charge is -2.09. The second-order valence-electron chi connectivity index (χ2n) is 3.75. The van der Waals surface area contributed by atoms with Gasteiger partial charge in [-0.15, -0.1) is 0 Å². The van der Waals surface area contributed by atoms with Crippen molar-refractivity contribution in [1.82, 2.24) is 5.32 Å². The van der Waals surface area contributed by atoms with Crippen LogP contribution in [-0.2, 0) is 17.3 Å². The molecule has 1 aromatic carbocycles. The molecule has 0 aromatic heterocycles. The van der Waals surface area contributed by atoms with Gasteiger partial charge in [-0.2, -0.15) is 5.26 Å². The van der Waals surface area contributed by atoms with Crippen molar-refractivity contribution in [2.24, 2.45) is 0 Å². The molecule has 5 heteroatoms. The smallest absolute Gasteiger partial charge is 0.123 e. The first kappa shape index (κ1) is 14.7. The Hall–Kier alpha value is -1.38. The Bertz CT molecular complexity index is 455. The summed E-state index contributed by atoms with van der Waals surface area (Å²) in [5.74, 6) is 2.10. The average Bonchev–Trinajstić information content (AvgIpc) is 2.42. The topological polar surface area (TPSA) is 62.1 Å². The van der Waals surface area contributed by atoms with Gasteiger partial charge in [0.1, 0.15) is 5.75 Å². The van der Waals surface area contributed by atoms with Crippen LogP contribution in [0.3, 0.4) is 0 Å². The fourth-order valence-corrected chi connectivity index (χ4v) is 2.20. The minimum atomic E-state index is -0.744. The van der Waals surface area contributed by atoms with Crippen LogP contribution in [0.1, 0.15) is 18.1 Å². The van der Waals surface area contributed by atoms with Gasteiger partial charge >= 0.3 is 0 Å². The van der Waals surface area contributed by atoms with Crippen LogP contribution >= 0.6 is 0 Å². The maximum absolute atomic E-state index is 11.3. The van der Waals surface area contributed by atoms with Crippen molar-refractivity contribution in [3.8, 4) is 11.8 Å². The summed E-state index contributed by atoms with van der Waals surface area (Å²) in [6.07, 6.45) is 0. The highest BCUT2D eigenvalue weighted by molar-refractivity contribution is 7.84. The molecule has 1 atom stereocenters. The van der Waals surface area contributed by atoms with Crippen molar-refractivity contribution in [3.05, 3.63) is 29.3 Å². The Kier molecular flexibility index (Phi) is 6.40. The lowest BCUT2D eigenvalue weighted by atomic mass is 10.1. The van der Waals surface area contributed by atoms with Gasteiger partial charge < -0.3 is 10.1 Å². The molecule has 0 saturated heterocycles. The molecule has 0 aliphatic heterocycles. The van der Waals surface area contributed by atoms with E-state index in [1.807, 2.05) is 13.0 Å². The molecule has 0 aliphatic rings. The highest BCUT2D eigenvalue weighted by Gasteiger charge is 2.04. The molecule has 0 saturated carbocycles. The Morgan fingerprint density at radius 2 is 2.28 bits per heavy atom. The molecule has 0 heterocycles. The van der Waals surface area contributed by atoms with E-state index in [1.165, 1.54) is 0 Å². The molecule has 0 radical (unpaired) electrons. The van der Waals surface area contributed by atoms with Gasteiger partial charge in [0.2, 0.25) is 0 Å². The maximum Gasteiger partial charge on any atom is 0.123 e. The molecule has 18 heavy (non-hydrogen) atoms. The van der Waals surface area contributed by atoms with Crippen LogP contribution in [0.25, 0.3) is 0 Å². The molecule has 98 valence electrons. The monoisotopic (exact) mass is 266 g/mol. The zero-order chi connectivity index (χ0) is 13.4. The minimum absolute atomic E-state index is 0.611. The van der Waals surface area contributed by atoms with Gasteiger partial charge in [0, 0.05) is 41.0 Å². The van der Waals surface area contributed by atoms with Crippen molar-refractivity contribution in [1.29, 1.82) is 5.26 Å². The van der Waals surface area contributed by atoms with E-state index in [-0.39, 0.29) is 0 Å². The molecular formula is C13H18N2O2S. The number of benzene rings is 1. The van der Waals surface area contributed by atoms with E-state index < -0.39 is 10.8 Å². The lowest BCUT2D eigenvalue weighted by molar-refractivity contribution is 0.408. The van der Waals surface area contributed by atoms with E-state index >= 15 is 0 Å². The first-order chi connectivity index (χ1) is 8.71. The van der Waals surface area contributed by atoms with Crippen molar-refractivity contribution < 1.29 is 8.95 Å². The summed E-state index contributed by atoms with van der Waals surface area (Å²) in [7, 11) is 0.864. The predicted molar refractivity (Wildman–Crippen MR) is 73.0 cm³/mol. The average molecular weight is 266 g/mol. The van der Waals surface area contributed by atoms with E-state index in [0.29, 0.717) is 30.2 Å². The fourth-order valence-electron chi connectivity index (χ4n) is 1.54. The Balaban J connectivity index is 2.55. The maximum atomic E-state index is 11.3. The molecule has 1 N–H and O–H groups in total. The standard InChI is InChI=1S/C13H18N2O2S/c1-3-18(16)7-6-15-10-12-8-11(9-14)4-5-13(12)17-2/h4-5,8,15H,3,6-7,10H2,1-2H3. The van der Waals surface area contributed by atoms with Crippen LogP contribution in [0.5, 0.6) is 5.75 Å². The molecule has 1 rings (SSSR count). The number of ether oxygens (including phenoxy) is 1. The molecule has 0 bridgehead atoms. The highest BCUT2D eigenvalue weighted by atomic mass is 32.2. The molecule has 4 nitrogen and oxygen atoms in total. The van der Waals surface area contributed by atoms with Crippen molar-refractivity contribution in [3.63, 3.8) is 0 Å². The second kappa shape index (κ2) is 7.85. The van der Waals surface area contributed by atoms with Crippen LogP contribution in [0.15, 0.2) is 18.2 Å². The molecule has 0 aliphatic carbocycles. The lowest BCUT2D eigenvalue weighted by Crippen LogP contribution is -2.21. The quantitative estimate of drug-likeness (QED) is 0.758. The van der Waals surface area contributed by atoms with E-state index in [9.17, 15) is 4.21 Å². The van der Waals surface area contributed by atoms with Crippen molar-refractivity contribution >= 4 is 10.8 Å². The zero-order valence-electron chi connectivity index (χ0n) is 10.7. The molecule has 0 amide bonds. The van der Waals surface area contributed by atoms with Gasteiger partial charge in [0.05, 0.1) is 18.7 Å². The van der Waals surface area contributed by atoms with Crippen molar-refractivity contribution in [2.45, 2.75) is 13.5 Å². The Morgan fingerprint density at radius 3 is 2.89 bits per heavy atom. The van der Waals surface area contributed by atoms with E-state index in [4.69, 9.17) is 10.00 Å². The number of rotatable bonds is 7. The van der Waals surface area contributed by atoms with E-state index in [2.05, 4.69) is 11.4 Å². The SMILES string of the molecule is CCS(=O)CCNCc1cc(C#N)ccc1OC. The first-order valence-corrected chi connectivity index (χ1v) is 7.32. The molecule has 1 aromatic rings. The summed E-state index contributed by atoms with van der Waals surface area (Å²) in [5.41, 5.74) is 1.56. The summed E-state index contributed by atoms with van der Waals surface area (Å²) in [6.45, 7) is 3.22. The largest absolute Gasteiger partial charge is 0.496 e. The normalized spacial score (nSPS) is 11.8. The number of methoxy groups -OCH3 is 1. The molecule has 1 unspecified atom stereocenters. The molecule has 0 fully saturated rings. The van der Waals surface area contributed by atoms with Gasteiger partial charge in [0.25, 0.3) is 0 Å². The van der Waals surface area contributed by atoms with Crippen molar-refractivity contribution in [2.75, 3.05) is 25.2 Å². The van der Waals surface area contributed by atoms with Gasteiger partial charge in [-0.05, 0) is 18.2 Å². The van der Waals surface area contributed by atoms with Gasteiger partial charge in [-0.1, -0.05) is 6.92 Å². The van der Waals surface area contributed by atoms with Crippen LogP contribution in [0.2, 0.25) is 0 Å². The summed E-state index contributed by atoms with van der Waals surface area (Å²) >= 11 is 0. The first-order valence-electron chi connectivity index (χ1n) is 5.84. The third kappa shape index (κ3) is 4.47. The summed E-state index contributed by atoms with van der Waals surface area (Å²) in [4.78, 5) is 0. The highest BCUT2D eigenvalue weighted by Crippen LogP contribution is 2.19. The number of nitrogens with zero attached hydrogens (tertiary/aromatic N) is 1. The fraction of sp³-hybridized carbons (Fsp3) is 0.462. The van der Waals surface area contributed by atoms with E-state index in [1.54, 1.807) is 19.2 Å². The minimum Gasteiger partial charge on any atom is -0.496 e. The van der Waals surface area contributed by atoms with E-state index in [0.717, 1.165) is 11.3 Å². The van der Waals surface area contributed by atoms with Crippen LogP contribution < -0.4 is 10.1 Å². The Labute approximate surface area is 110 Å². The molecule has 0 spiro atoms. The summed E-state index contributed by atoms with van der Waals surface area (Å²) in [6, 6.07) is 7.43. The third-order valence-corrected chi connectivity index (χ3v) is 3.86. The number of hydrogen-bond acceptors (Lipinski definition) is 4. The summed E-state index contributed by atoms with van der Waals surface area (Å²) in [5, 5.41) is 12.1. The van der Waals surface area contributed by atoms with Gasteiger partial charge in [-0.25, -0.2) is 0 Å². The predicted octanol–water partition coefficient (Wildman–Crippen LogP) is 1.43. The number of nitriles is 1. The number of hydrogen-bond donors (Lipinski definition) is 1. The Morgan fingerprint density at radius 1 is 1.50 bits per heavy atom. The molecular weight excluding hydrogens is 248 g/mol. The summed E-state index contributed by atoms with van der Waals surface area (Å²) < 4.78 is 16.5. The van der Waals surface area contributed by atoms with Gasteiger partial charge in [-0.3, -0.25) is 4.21 Å². The zero-order valence-corrected chi connectivity index (χ0v) is 11.5. The van der Waals surface area contributed by atoms with Crippen LogP contribution in [-0.4, -0.2) is 29.4 Å². The number of nitrogens with one attached hydrogen (secondary N) is 1.